The summed E-state index contributed by atoms with van der Waals surface area (Å²) >= 11 is 6.45. The van der Waals surface area contributed by atoms with Gasteiger partial charge in [-0.3, -0.25) is 4.79 Å². The standard InChI is InChI=1S/C20H21ClN8O/c1-13-10-16(29-20(26-13)24-12-25-29)22-8-9-23-19(30)17-14(2)27-28(18(17)21)11-15-6-4-3-5-7-15/h3-7,10,12,22H,8-9,11H2,1-2H3,(H,23,30). The third kappa shape index (κ3) is 4.11. The van der Waals surface area contributed by atoms with Gasteiger partial charge in [-0.2, -0.15) is 19.7 Å². The fourth-order valence-corrected chi connectivity index (χ4v) is 3.50. The third-order valence-corrected chi connectivity index (χ3v) is 4.95. The second-order valence-corrected chi connectivity index (χ2v) is 7.19. The maximum Gasteiger partial charge on any atom is 0.256 e. The zero-order valence-electron chi connectivity index (χ0n) is 16.6. The molecule has 2 N–H and O–H groups in total. The number of aryl methyl sites for hydroxylation is 2. The quantitative estimate of drug-likeness (QED) is 0.442. The highest BCUT2D eigenvalue weighted by molar-refractivity contribution is 6.33. The molecule has 0 aliphatic rings. The van der Waals surface area contributed by atoms with Crippen molar-refractivity contribution in [3.63, 3.8) is 0 Å². The minimum absolute atomic E-state index is 0.254. The van der Waals surface area contributed by atoms with Crippen LogP contribution in [0.3, 0.4) is 0 Å². The average Bonchev–Trinajstić information content (AvgIpc) is 3.30. The Morgan fingerprint density at radius 3 is 2.77 bits per heavy atom. The van der Waals surface area contributed by atoms with Gasteiger partial charge in [0.1, 0.15) is 17.3 Å². The van der Waals surface area contributed by atoms with E-state index in [2.05, 4.69) is 30.8 Å². The Bertz CT molecular complexity index is 1180. The largest absolute Gasteiger partial charge is 0.368 e. The summed E-state index contributed by atoms with van der Waals surface area (Å²) in [5, 5.41) is 15.0. The van der Waals surface area contributed by atoms with Crippen LogP contribution in [0.5, 0.6) is 0 Å². The van der Waals surface area contributed by atoms with Gasteiger partial charge in [0.25, 0.3) is 11.7 Å². The second-order valence-electron chi connectivity index (χ2n) is 6.83. The number of hydrogen-bond donors (Lipinski definition) is 2. The summed E-state index contributed by atoms with van der Waals surface area (Å²) in [5.41, 5.74) is 2.88. The fourth-order valence-electron chi connectivity index (χ4n) is 3.18. The monoisotopic (exact) mass is 424 g/mol. The van der Waals surface area contributed by atoms with Crippen LogP contribution in [0.1, 0.15) is 27.3 Å². The summed E-state index contributed by atoms with van der Waals surface area (Å²) in [6, 6.07) is 11.7. The van der Waals surface area contributed by atoms with Gasteiger partial charge in [-0.25, -0.2) is 9.67 Å². The molecular formula is C20H21ClN8O. The van der Waals surface area contributed by atoms with E-state index in [9.17, 15) is 4.79 Å². The van der Waals surface area contributed by atoms with Crippen molar-refractivity contribution in [2.75, 3.05) is 18.4 Å². The van der Waals surface area contributed by atoms with E-state index in [1.807, 2.05) is 43.3 Å². The van der Waals surface area contributed by atoms with Gasteiger partial charge in [-0.1, -0.05) is 41.9 Å². The van der Waals surface area contributed by atoms with E-state index in [0.29, 0.717) is 41.8 Å². The van der Waals surface area contributed by atoms with Gasteiger partial charge in [0.2, 0.25) is 0 Å². The first-order valence-corrected chi connectivity index (χ1v) is 9.87. The van der Waals surface area contributed by atoms with Gasteiger partial charge >= 0.3 is 0 Å². The molecule has 0 aliphatic carbocycles. The number of benzene rings is 1. The Morgan fingerprint density at radius 1 is 1.17 bits per heavy atom. The van der Waals surface area contributed by atoms with E-state index in [1.54, 1.807) is 16.1 Å². The smallest absolute Gasteiger partial charge is 0.256 e. The van der Waals surface area contributed by atoms with Crippen LogP contribution in [-0.2, 0) is 6.54 Å². The van der Waals surface area contributed by atoms with Crippen molar-refractivity contribution in [2.24, 2.45) is 0 Å². The van der Waals surface area contributed by atoms with E-state index in [4.69, 9.17) is 11.6 Å². The van der Waals surface area contributed by atoms with Crippen LogP contribution >= 0.6 is 11.6 Å². The minimum Gasteiger partial charge on any atom is -0.368 e. The molecule has 0 saturated heterocycles. The maximum absolute atomic E-state index is 12.7. The molecule has 1 amide bonds. The highest BCUT2D eigenvalue weighted by Crippen LogP contribution is 2.21. The van der Waals surface area contributed by atoms with E-state index < -0.39 is 0 Å². The summed E-state index contributed by atoms with van der Waals surface area (Å²) in [6.07, 6.45) is 1.45. The summed E-state index contributed by atoms with van der Waals surface area (Å²) in [6.45, 7) is 5.07. The molecule has 3 heterocycles. The number of nitrogens with one attached hydrogen (secondary N) is 2. The number of fused-ring (bicyclic) bond motifs is 1. The van der Waals surface area contributed by atoms with E-state index in [1.165, 1.54) is 6.33 Å². The lowest BCUT2D eigenvalue weighted by Gasteiger charge is -2.10. The average molecular weight is 425 g/mol. The molecule has 4 aromatic rings. The van der Waals surface area contributed by atoms with E-state index in [-0.39, 0.29) is 5.91 Å². The number of amides is 1. The molecule has 0 fully saturated rings. The number of nitrogens with zero attached hydrogens (tertiary/aromatic N) is 6. The molecule has 0 spiro atoms. The predicted octanol–water partition coefficient (Wildman–Crippen LogP) is 2.48. The first-order valence-electron chi connectivity index (χ1n) is 9.49. The zero-order valence-corrected chi connectivity index (χ0v) is 17.4. The lowest BCUT2D eigenvalue weighted by Crippen LogP contribution is -2.29. The number of rotatable bonds is 7. The molecule has 30 heavy (non-hydrogen) atoms. The molecular weight excluding hydrogens is 404 g/mol. The molecule has 3 aromatic heterocycles. The minimum atomic E-state index is -0.254. The van der Waals surface area contributed by atoms with Crippen LogP contribution in [-0.4, -0.2) is 48.4 Å². The first-order chi connectivity index (χ1) is 14.5. The molecule has 9 nitrogen and oxygen atoms in total. The fraction of sp³-hybridized carbons (Fsp3) is 0.250. The van der Waals surface area contributed by atoms with Crippen molar-refractivity contribution in [3.05, 3.63) is 70.4 Å². The van der Waals surface area contributed by atoms with Crippen LogP contribution in [0.15, 0.2) is 42.7 Å². The molecule has 0 atom stereocenters. The lowest BCUT2D eigenvalue weighted by molar-refractivity contribution is 0.0954. The van der Waals surface area contributed by atoms with Gasteiger partial charge in [-0.05, 0) is 19.4 Å². The molecule has 154 valence electrons. The van der Waals surface area contributed by atoms with Crippen LogP contribution in [0.2, 0.25) is 5.15 Å². The molecule has 0 saturated carbocycles. The van der Waals surface area contributed by atoms with Gasteiger partial charge < -0.3 is 10.6 Å². The van der Waals surface area contributed by atoms with Crippen molar-refractivity contribution in [3.8, 4) is 0 Å². The molecule has 0 radical (unpaired) electrons. The topological polar surface area (TPSA) is 102 Å². The SMILES string of the molecule is Cc1cc(NCCNC(=O)c2c(C)nn(Cc3ccccc3)c2Cl)n2ncnc2n1. The zero-order chi connectivity index (χ0) is 21.1. The Balaban J connectivity index is 1.38. The maximum atomic E-state index is 12.7. The Hall–Kier alpha value is -3.46. The Morgan fingerprint density at radius 2 is 1.97 bits per heavy atom. The number of halogens is 1. The summed E-state index contributed by atoms with van der Waals surface area (Å²) < 4.78 is 3.25. The second kappa shape index (κ2) is 8.50. The van der Waals surface area contributed by atoms with Crippen LogP contribution in [0.25, 0.3) is 5.78 Å². The van der Waals surface area contributed by atoms with Crippen molar-refractivity contribution in [1.82, 2.24) is 34.7 Å². The van der Waals surface area contributed by atoms with E-state index in [0.717, 1.165) is 17.1 Å². The molecule has 0 aliphatic heterocycles. The summed E-state index contributed by atoms with van der Waals surface area (Å²) in [4.78, 5) is 21.1. The third-order valence-electron chi connectivity index (χ3n) is 4.56. The van der Waals surface area contributed by atoms with Gasteiger partial charge in [-0.15, -0.1) is 0 Å². The number of carbonyl (C=O) groups is 1. The van der Waals surface area contributed by atoms with Gasteiger partial charge in [0, 0.05) is 24.8 Å². The normalized spacial score (nSPS) is 11.0. The molecule has 0 bridgehead atoms. The molecule has 0 unspecified atom stereocenters. The molecule has 10 heteroatoms. The number of anilines is 1. The van der Waals surface area contributed by atoms with Crippen LogP contribution in [0, 0.1) is 13.8 Å². The summed E-state index contributed by atoms with van der Waals surface area (Å²) in [5.74, 6) is 1.03. The number of aromatic nitrogens is 6. The van der Waals surface area contributed by atoms with Crippen molar-refractivity contribution in [2.45, 2.75) is 20.4 Å². The van der Waals surface area contributed by atoms with Crippen molar-refractivity contribution >= 4 is 29.1 Å². The summed E-state index contributed by atoms with van der Waals surface area (Å²) in [7, 11) is 0. The van der Waals surface area contributed by atoms with Crippen molar-refractivity contribution < 1.29 is 4.79 Å². The molecule has 4 rings (SSSR count). The lowest BCUT2D eigenvalue weighted by atomic mass is 10.2. The molecule has 1 aromatic carbocycles. The number of carbonyl (C=O) groups excluding carboxylic acids is 1. The van der Waals surface area contributed by atoms with Crippen molar-refractivity contribution in [1.29, 1.82) is 0 Å². The van der Waals surface area contributed by atoms with Gasteiger partial charge in [0.05, 0.1) is 17.8 Å². The highest BCUT2D eigenvalue weighted by Gasteiger charge is 2.20. The predicted molar refractivity (Wildman–Crippen MR) is 114 cm³/mol. The Kier molecular flexibility index (Phi) is 5.62. The Labute approximate surface area is 178 Å². The van der Waals surface area contributed by atoms with Crippen LogP contribution in [0.4, 0.5) is 5.82 Å². The number of hydrogen-bond acceptors (Lipinski definition) is 6. The first kappa shape index (κ1) is 19.8. The van der Waals surface area contributed by atoms with E-state index >= 15 is 0 Å². The van der Waals surface area contributed by atoms with Crippen LogP contribution < -0.4 is 10.6 Å². The van der Waals surface area contributed by atoms with Gasteiger partial charge in [0.15, 0.2) is 0 Å². The highest BCUT2D eigenvalue weighted by atomic mass is 35.5.